The number of hydrogen-bond acceptors (Lipinski definition) is 4. The molecular weight excluding hydrogens is 399 g/mol. The number of halogens is 3. The fourth-order valence-corrected chi connectivity index (χ4v) is 2.65. The van der Waals surface area contributed by atoms with Gasteiger partial charge in [-0.2, -0.15) is 18.3 Å². The molecule has 1 heterocycles. The Hall–Kier alpha value is -3.62. The Kier molecular flexibility index (Phi) is 6.51. The molecule has 0 saturated heterocycles. The number of nitrogens with one attached hydrogen (secondary N) is 1. The molecule has 6 nitrogen and oxygen atoms in total. The van der Waals surface area contributed by atoms with Gasteiger partial charge in [-0.05, 0) is 42.3 Å². The highest BCUT2D eigenvalue weighted by molar-refractivity contribution is 5.92. The van der Waals surface area contributed by atoms with Crippen molar-refractivity contribution in [2.45, 2.75) is 19.0 Å². The van der Waals surface area contributed by atoms with Crippen molar-refractivity contribution in [1.29, 1.82) is 0 Å². The van der Waals surface area contributed by atoms with E-state index in [1.54, 1.807) is 17.1 Å². The highest BCUT2D eigenvalue weighted by atomic mass is 19.4. The van der Waals surface area contributed by atoms with Crippen molar-refractivity contribution in [2.24, 2.45) is 0 Å². The number of amides is 1. The van der Waals surface area contributed by atoms with Gasteiger partial charge in [0.05, 0.1) is 17.4 Å². The number of alkyl halides is 3. The highest BCUT2D eigenvalue weighted by Gasteiger charge is 2.30. The normalized spacial score (nSPS) is 11.2. The van der Waals surface area contributed by atoms with Crippen LogP contribution in [0.5, 0.6) is 0 Å². The molecule has 30 heavy (non-hydrogen) atoms. The zero-order valence-electron chi connectivity index (χ0n) is 15.7. The smallest absolute Gasteiger partial charge is 0.416 e. The number of rotatable bonds is 7. The average molecular weight is 417 g/mol. The number of aryl methyl sites for hydroxylation is 1. The molecule has 1 amide bonds. The Balaban J connectivity index is 1.44. The summed E-state index contributed by atoms with van der Waals surface area (Å²) in [7, 11) is 0. The molecule has 0 fully saturated rings. The fraction of sp³-hybridized carbons (Fsp3) is 0.190. The first-order valence-electron chi connectivity index (χ1n) is 9.03. The van der Waals surface area contributed by atoms with E-state index >= 15 is 0 Å². The van der Waals surface area contributed by atoms with E-state index < -0.39 is 30.2 Å². The quantitative estimate of drug-likeness (QED) is 0.590. The summed E-state index contributed by atoms with van der Waals surface area (Å²) in [5, 5.41) is 6.51. The number of ether oxygens (including phenoxy) is 1. The van der Waals surface area contributed by atoms with E-state index in [0.29, 0.717) is 6.42 Å². The zero-order chi connectivity index (χ0) is 21.6. The van der Waals surface area contributed by atoms with Gasteiger partial charge in [-0.1, -0.05) is 24.3 Å². The molecule has 0 bridgehead atoms. The molecule has 1 N–H and O–H groups in total. The number of esters is 1. The van der Waals surface area contributed by atoms with E-state index in [2.05, 4.69) is 10.4 Å². The van der Waals surface area contributed by atoms with E-state index in [9.17, 15) is 22.8 Å². The van der Waals surface area contributed by atoms with Crippen molar-refractivity contribution in [3.63, 3.8) is 0 Å². The molecule has 9 heteroatoms. The molecule has 0 aliphatic carbocycles. The van der Waals surface area contributed by atoms with Crippen LogP contribution in [-0.4, -0.2) is 28.3 Å². The molecule has 0 spiro atoms. The standard InChI is InChI=1S/C21H18F3N3O3/c22-21(23,24)16-5-4-6-17(11-16)26-19(28)14-30-20(29)10-9-15-12-25-27(13-15)18-7-2-1-3-8-18/h1-8,11-13H,9-10,14H2,(H,26,28). The van der Waals surface area contributed by atoms with Crippen molar-refractivity contribution in [1.82, 2.24) is 9.78 Å². The van der Waals surface area contributed by atoms with E-state index in [0.717, 1.165) is 23.4 Å². The first-order valence-corrected chi connectivity index (χ1v) is 9.03. The monoisotopic (exact) mass is 417 g/mol. The molecule has 0 unspecified atom stereocenters. The van der Waals surface area contributed by atoms with Gasteiger partial charge in [0.1, 0.15) is 0 Å². The van der Waals surface area contributed by atoms with Crippen LogP contribution in [0.2, 0.25) is 0 Å². The summed E-state index contributed by atoms with van der Waals surface area (Å²) >= 11 is 0. The van der Waals surface area contributed by atoms with Gasteiger partial charge in [-0.3, -0.25) is 9.59 Å². The first kappa shape index (κ1) is 21.1. The maximum absolute atomic E-state index is 12.7. The van der Waals surface area contributed by atoms with Crippen LogP contribution in [0.3, 0.4) is 0 Å². The Morgan fingerprint density at radius 1 is 1.07 bits per heavy atom. The maximum Gasteiger partial charge on any atom is 0.416 e. The van der Waals surface area contributed by atoms with Crippen LogP contribution in [-0.2, 0) is 26.9 Å². The third-order valence-electron chi connectivity index (χ3n) is 4.11. The van der Waals surface area contributed by atoms with Crippen LogP contribution >= 0.6 is 0 Å². The van der Waals surface area contributed by atoms with E-state index in [1.807, 2.05) is 30.3 Å². The van der Waals surface area contributed by atoms with Gasteiger partial charge in [0.15, 0.2) is 6.61 Å². The lowest BCUT2D eigenvalue weighted by Crippen LogP contribution is -2.21. The topological polar surface area (TPSA) is 73.2 Å². The van der Waals surface area contributed by atoms with E-state index in [4.69, 9.17) is 4.74 Å². The third-order valence-corrected chi connectivity index (χ3v) is 4.11. The zero-order valence-corrected chi connectivity index (χ0v) is 15.7. The summed E-state index contributed by atoms with van der Waals surface area (Å²) < 4.78 is 44.7. The van der Waals surface area contributed by atoms with Crippen LogP contribution < -0.4 is 5.32 Å². The lowest BCUT2D eigenvalue weighted by Gasteiger charge is -2.10. The second-order valence-corrected chi connectivity index (χ2v) is 6.42. The number of carbonyl (C=O) groups excluding carboxylic acids is 2. The minimum absolute atomic E-state index is 0.0285. The van der Waals surface area contributed by atoms with Crippen molar-refractivity contribution in [3.8, 4) is 5.69 Å². The van der Waals surface area contributed by atoms with Crippen molar-refractivity contribution >= 4 is 17.6 Å². The number of benzene rings is 2. The van der Waals surface area contributed by atoms with Gasteiger partial charge in [-0.15, -0.1) is 0 Å². The molecule has 1 aromatic heterocycles. The summed E-state index contributed by atoms with van der Waals surface area (Å²) in [6, 6.07) is 13.7. The number of aromatic nitrogens is 2. The average Bonchev–Trinajstić information content (AvgIpc) is 3.20. The Labute approximate surface area is 170 Å². The van der Waals surface area contributed by atoms with Gasteiger partial charge in [0.2, 0.25) is 0 Å². The molecule has 0 aliphatic rings. The Morgan fingerprint density at radius 2 is 1.83 bits per heavy atom. The van der Waals surface area contributed by atoms with Crippen LogP contribution in [0, 0.1) is 0 Å². The number of carbonyl (C=O) groups is 2. The van der Waals surface area contributed by atoms with Crippen LogP contribution in [0.1, 0.15) is 17.5 Å². The fourth-order valence-electron chi connectivity index (χ4n) is 2.65. The van der Waals surface area contributed by atoms with Gasteiger partial charge in [0, 0.05) is 18.3 Å². The van der Waals surface area contributed by atoms with Crippen molar-refractivity contribution in [2.75, 3.05) is 11.9 Å². The minimum Gasteiger partial charge on any atom is -0.456 e. The number of nitrogens with zero attached hydrogens (tertiary/aromatic N) is 2. The second kappa shape index (κ2) is 9.25. The first-order chi connectivity index (χ1) is 14.3. The predicted octanol–water partition coefficient (Wildman–Crippen LogP) is 4.01. The third kappa shape index (κ3) is 5.94. The lowest BCUT2D eigenvalue weighted by molar-refractivity contribution is -0.147. The van der Waals surface area contributed by atoms with E-state index in [-0.39, 0.29) is 12.1 Å². The molecule has 0 atom stereocenters. The molecule has 0 aliphatic heterocycles. The summed E-state index contributed by atoms with van der Waals surface area (Å²) in [6.45, 7) is -0.585. The lowest BCUT2D eigenvalue weighted by atomic mass is 10.2. The van der Waals surface area contributed by atoms with Crippen LogP contribution in [0.15, 0.2) is 67.0 Å². The predicted molar refractivity (Wildman–Crippen MR) is 103 cm³/mol. The van der Waals surface area contributed by atoms with Crippen LogP contribution in [0.4, 0.5) is 18.9 Å². The van der Waals surface area contributed by atoms with Crippen molar-refractivity contribution in [3.05, 3.63) is 78.1 Å². The largest absolute Gasteiger partial charge is 0.456 e. The molecule has 156 valence electrons. The summed E-state index contributed by atoms with van der Waals surface area (Å²) in [5.41, 5.74) is 0.800. The van der Waals surface area contributed by atoms with Crippen LogP contribution in [0.25, 0.3) is 5.69 Å². The summed E-state index contributed by atoms with van der Waals surface area (Å²) in [4.78, 5) is 23.7. The van der Waals surface area contributed by atoms with E-state index in [1.165, 1.54) is 12.1 Å². The SMILES string of the molecule is O=C(COC(=O)CCc1cnn(-c2ccccc2)c1)Nc1cccc(C(F)(F)F)c1. The van der Waals surface area contributed by atoms with Gasteiger partial charge in [0.25, 0.3) is 5.91 Å². The molecule has 0 saturated carbocycles. The number of hydrogen-bond donors (Lipinski definition) is 1. The Bertz CT molecular complexity index is 1020. The maximum atomic E-state index is 12.7. The Morgan fingerprint density at radius 3 is 2.57 bits per heavy atom. The number of anilines is 1. The molecular formula is C21H18F3N3O3. The van der Waals surface area contributed by atoms with Gasteiger partial charge < -0.3 is 10.1 Å². The van der Waals surface area contributed by atoms with Crippen molar-refractivity contribution < 1.29 is 27.5 Å². The molecule has 0 radical (unpaired) electrons. The summed E-state index contributed by atoms with van der Waals surface area (Å²) in [5.74, 6) is -1.32. The molecule has 3 rings (SSSR count). The van der Waals surface area contributed by atoms with Gasteiger partial charge in [-0.25, -0.2) is 4.68 Å². The molecule has 3 aromatic rings. The van der Waals surface area contributed by atoms with Gasteiger partial charge >= 0.3 is 12.1 Å². The second-order valence-electron chi connectivity index (χ2n) is 6.42. The highest BCUT2D eigenvalue weighted by Crippen LogP contribution is 2.30. The number of para-hydroxylation sites is 1. The summed E-state index contributed by atoms with van der Waals surface area (Å²) in [6.07, 6.45) is -0.663. The minimum atomic E-state index is -4.51. The molecule has 2 aromatic carbocycles.